The molecular weight excluding hydrogens is 176 g/mol. The van der Waals surface area contributed by atoms with Crippen LogP contribution in [0.25, 0.3) is 0 Å². The van der Waals surface area contributed by atoms with Gasteiger partial charge >= 0.3 is 0 Å². The smallest absolute Gasteiger partial charge is 0.0994 e. The number of nitriles is 1. The fourth-order valence-corrected chi connectivity index (χ4v) is 1.30. The molecule has 0 spiro atoms. The van der Waals surface area contributed by atoms with Crippen LogP contribution in [0.4, 0.5) is 0 Å². The van der Waals surface area contributed by atoms with Crippen molar-refractivity contribution in [2.75, 3.05) is 6.61 Å². The van der Waals surface area contributed by atoms with E-state index in [1.54, 1.807) is 6.07 Å². The van der Waals surface area contributed by atoms with E-state index in [1.807, 2.05) is 19.1 Å². The summed E-state index contributed by atoms with van der Waals surface area (Å²) in [5.41, 5.74) is 8.31. The number of nitrogens with two attached hydrogens (primary N) is 1. The third-order valence-corrected chi connectivity index (χ3v) is 2.25. The molecule has 0 radical (unpaired) electrons. The highest BCUT2D eigenvalue weighted by atomic mass is 16.3. The third-order valence-electron chi connectivity index (χ3n) is 2.25. The Morgan fingerprint density at radius 2 is 2.29 bits per heavy atom. The van der Waals surface area contributed by atoms with Crippen molar-refractivity contribution in [3.8, 4) is 6.07 Å². The molecule has 0 aromatic heterocycles. The van der Waals surface area contributed by atoms with Crippen molar-refractivity contribution in [2.45, 2.75) is 19.4 Å². The zero-order valence-corrected chi connectivity index (χ0v) is 8.20. The molecule has 1 aromatic rings. The Morgan fingerprint density at radius 3 is 2.86 bits per heavy atom. The quantitative estimate of drug-likeness (QED) is 0.753. The Kier molecular flexibility index (Phi) is 3.63. The monoisotopic (exact) mass is 190 g/mol. The fourth-order valence-electron chi connectivity index (χ4n) is 1.30. The summed E-state index contributed by atoms with van der Waals surface area (Å²) in [4.78, 5) is 0. The van der Waals surface area contributed by atoms with E-state index in [0.717, 1.165) is 11.1 Å². The van der Waals surface area contributed by atoms with Crippen LogP contribution in [-0.2, 0) is 0 Å². The first-order valence-corrected chi connectivity index (χ1v) is 4.56. The second-order valence-corrected chi connectivity index (χ2v) is 3.30. The maximum absolute atomic E-state index is 8.81. The summed E-state index contributed by atoms with van der Waals surface area (Å²) in [6.07, 6.45) is 0.522. The van der Waals surface area contributed by atoms with Gasteiger partial charge in [-0.2, -0.15) is 5.26 Å². The summed E-state index contributed by atoms with van der Waals surface area (Å²) in [6, 6.07) is 7.49. The van der Waals surface area contributed by atoms with Gasteiger partial charge in [0.25, 0.3) is 0 Å². The first-order valence-electron chi connectivity index (χ1n) is 4.56. The lowest BCUT2D eigenvalue weighted by Gasteiger charge is -2.11. The molecular formula is C11H14N2O. The average Bonchev–Trinajstić information content (AvgIpc) is 2.19. The second kappa shape index (κ2) is 4.75. The van der Waals surface area contributed by atoms with Crippen LogP contribution < -0.4 is 5.73 Å². The first-order chi connectivity index (χ1) is 6.69. The van der Waals surface area contributed by atoms with E-state index in [0.29, 0.717) is 12.0 Å². The van der Waals surface area contributed by atoms with Gasteiger partial charge in [0.2, 0.25) is 0 Å². The van der Waals surface area contributed by atoms with Crippen molar-refractivity contribution in [3.63, 3.8) is 0 Å². The third kappa shape index (κ3) is 2.32. The number of nitrogens with zero attached hydrogens (tertiary/aromatic N) is 1. The lowest BCUT2D eigenvalue weighted by Crippen LogP contribution is -2.12. The standard InChI is InChI=1S/C11H14N2O/c1-8-2-3-9(6-10(8)7-12)11(13)4-5-14/h2-3,6,11,14H,4-5,13H2,1H3. The summed E-state index contributed by atoms with van der Waals surface area (Å²) in [5, 5.41) is 17.5. The zero-order chi connectivity index (χ0) is 10.6. The molecule has 0 saturated heterocycles. The van der Waals surface area contributed by atoms with E-state index >= 15 is 0 Å². The molecule has 1 atom stereocenters. The van der Waals surface area contributed by atoms with Gasteiger partial charge in [-0.25, -0.2) is 0 Å². The van der Waals surface area contributed by atoms with Crippen molar-refractivity contribution in [2.24, 2.45) is 5.73 Å². The minimum absolute atomic E-state index is 0.0664. The molecule has 0 bridgehead atoms. The van der Waals surface area contributed by atoms with E-state index in [1.165, 1.54) is 0 Å². The van der Waals surface area contributed by atoms with Crippen LogP contribution in [-0.4, -0.2) is 11.7 Å². The van der Waals surface area contributed by atoms with Gasteiger partial charge in [0.05, 0.1) is 11.6 Å². The lowest BCUT2D eigenvalue weighted by atomic mass is 10.00. The average molecular weight is 190 g/mol. The van der Waals surface area contributed by atoms with Gasteiger partial charge < -0.3 is 10.8 Å². The first kappa shape index (κ1) is 10.7. The number of hydrogen-bond acceptors (Lipinski definition) is 3. The summed E-state index contributed by atoms with van der Waals surface area (Å²) in [5.74, 6) is 0. The van der Waals surface area contributed by atoms with Crippen molar-refractivity contribution in [1.82, 2.24) is 0 Å². The summed E-state index contributed by atoms with van der Waals surface area (Å²) in [6.45, 7) is 1.96. The molecule has 0 aliphatic carbocycles. The number of benzene rings is 1. The number of hydrogen-bond donors (Lipinski definition) is 2. The molecule has 0 amide bonds. The van der Waals surface area contributed by atoms with Crippen LogP contribution in [0.2, 0.25) is 0 Å². The van der Waals surface area contributed by atoms with E-state index in [-0.39, 0.29) is 12.6 Å². The van der Waals surface area contributed by atoms with Gasteiger partial charge in [-0.15, -0.1) is 0 Å². The van der Waals surface area contributed by atoms with E-state index in [9.17, 15) is 0 Å². The maximum Gasteiger partial charge on any atom is 0.0994 e. The molecule has 1 aromatic carbocycles. The highest BCUT2D eigenvalue weighted by Gasteiger charge is 2.06. The fraction of sp³-hybridized carbons (Fsp3) is 0.364. The minimum Gasteiger partial charge on any atom is -0.396 e. The van der Waals surface area contributed by atoms with E-state index in [4.69, 9.17) is 16.1 Å². The SMILES string of the molecule is Cc1ccc(C(N)CCO)cc1C#N. The summed E-state index contributed by atoms with van der Waals surface area (Å²) >= 11 is 0. The topological polar surface area (TPSA) is 70.0 Å². The van der Waals surface area contributed by atoms with Crippen LogP contribution in [0.15, 0.2) is 18.2 Å². The molecule has 0 heterocycles. The van der Waals surface area contributed by atoms with Crippen molar-refractivity contribution >= 4 is 0 Å². The summed E-state index contributed by atoms with van der Waals surface area (Å²) in [7, 11) is 0. The van der Waals surface area contributed by atoms with Crippen LogP contribution in [0.1, 0.15) is 29.2 Å². The van der Waals surface area contributed by atoms with E-state index in [2.05, 4.69) is 6.07 Å². The minimum atomic E-state index is -0.187. The van der Waals surface area contributed by atoms with Gasteiger partial charge in [0.15, 0.2) is 0 Å². The molecule has 3 nitrogen and oxygen atoms in total. The molecule has 1 unspecified atom stereocenters. The van der Waals surface area contributed by atoms with Gasteiger partial charge in [-0.05, 0) is 30.5 Å². The van der Waals surface area contributed by atoms with Crippen molar-refractivity contribution in [3.05, 3.63) is 34.9 Å². The van der Waals surface area contributed by atoms with Gasteiger partial charge in [0.1, 0.15) is 0 Å². The molecule has 0 aliphatic rings. The Bertz CT molecular complexity index is 355. The van der Waals surface area contributed by atoms with Crippen LogP contribution in [0.3, 0.4) is 0 Å². The van der Waals surface area contributed by atoms with Crippen molar-refractivity contribution < 1.29 is 5.11 Å². The van der Waals surface area contributed by atoms with E-state index < -0.39 is 0 Å². The molecule has 14 heavy (non-hydrogen) atoms. The van der Waals surface area contributed by atoms with Gasteiger partial charge in [-0.3, -0.25) is 0 Å². The Balaban J connectivity index is 2.95. The van der Waals surface area contributed by atoms with Gasteiger partial charge in [-0.1, -0.05) is 12.1 Å². The van der Waals surface area contributed by atoms with Gasteiger partial charge in [0, 0.05) is 12.6 Å². The Hall–Kier alpha value is -1.37. The Labute approximate surface area is 83.8 Å². The maximum atomic E-state index is 8.81. The number of aliphatic hydroxyl groups excluding tert-OH is 1. The van der Waals surface area contributed by atoms with Crippen LogP contribution in [0.5, 0.6) is 0 Å². The predicted octanol–water partition coefficient (Wildman–Crippen LogP) is 1.25. The molecule has 0 aliphatic heterocycles. The largest absolute Gasteiger partial charge is 0.396 e. The van der Waals surface area contributed by atoms with Crippen LogP contribution in [0, 0.1) is 18.3 Å². The highest BCUT2D eigenvalue weighted by molar-refractivity contribution is 5.40. The summed E-state index contributed by atoms with van der Waals surface area (Å²) < 4.78 is 0. The normalized spacial score (nSPS) is 12.1. The number of aliphatic hydroxyl groups is 1. The molecule has 3 heteroatoms. The highest BCUT2D eigenvalue weighted by Crippen LogP contribution is 2.17. The van der Waals surface area contributed by atoms with Crippen LogP contribution >= 0.6 is 0 Å². The zero-order valence-electron chi connectivity index (χ0n) is 8.20. The number of aryl methyl sites for hydroxylation is 1. The second-order valence-electron chi connectivity index (χ2n) is 3.30. The Morgan fingerprint density at radius 1 is 1.57 bits per heavy atom. The molecule has 1 rings (SSSR count). The molecule has 3 N–H and O–H groups in total. The molecule has 0 saturated carbocycles. The molecule has 0 fully saturated rings. The lowest BCUT2D eigenvalue weighted by molar-refractivity contribution is 0.276. The predicted molar refractivity (Wildman–Crippen MR) is 54.5 cm³/mol. The van der Waals surface area contributed by atoms with Crippen molar-refractivity contribution in [1.29, 1.82) is 5.26 Å². The number of rotatable bonds is 3. The molecule has 74 valence electrons.